The van der Waals surface area contributed by atoms with Gasteiger partial charge in [-0.05, 0) is 57.3 Å². The van der Waals surface area contributed by atoms with Gasteiger partial charge in [0, 0.05) is 27.3 Å². The van der Waals surface area contributed by atoms with Gasteiger partial charge in [0.2, 0.25) is 10.0 Å². The molecule has 0 heterocycles. The minimum Gasteiger partial charge on any atom is -0.399 e. The van der Waals surface area contributed by atoms with Crippen LogP contribution in [0.2, 0.25) is 0 Å². The average molecular weight is 402 g/mol. The fourth-order valence-corrected chi connectivity index (χ4v) is 5.31. The number of hydrogen-bond donors (Lipinski definition) is 3. The zero-order valence-corrected chi connectivity index (χ0v) is 13.6. The monoisotopic (exact) mass is 400 g/mol. The van der Waals surface area contributed by atoms with Gasteiger partial charge in [0.25, 0.3) is 0 Å². The van der Waals surface area contributed by atoms with Crippen molar-refractivity contribution >= 4 is 47.6 Å². The molecule has 102 valence electrons. The summed E-state index contributed by atoms with van der Waals surface area (Å²) in [7, 11) is -3.67. The highest BCUT2D eigenvalue weighted by atomic mass is 79.9. The molecule has 1 unspecified atom stereocenters. The lowest BCUT2D eigenvalue weighted by Crippen LogP contribution is -2.33. The first kappa shape index (κ1) is 15.9. The maximum absolute atomic E-state index is 12.2. The van der Waals surface area contributed by atoms with Crippen LogP contribution in [0, 0.1) is 0 Å². The second-order valence-electron chi connectivity index (χ2n) is 3.85. The van der Waals surface area contributed by atoms with Crippen molar-refractivity contribution < 1.29 is 13.5 Å². The number of aliphatic hydroxyl groups excluding tert-OH is 1. The standard InChI is InChI=1S/C10H14Br2N2O3S/c1-6(2-3-15)14-18(16,17)10-8(11)4-7(13)5-9(10)12/h4-6,14-15H,2-3,13H2,1H3. The summed E-state index contributed by atoms with van der Waals surface area (Å²) >= 11 is 6.37. The number of hydrogen-bond acceptors (Lipinski definition) is 4. The minimum atomic E-state index is -3.67. The highest BCUT2D eigenvalue weighted by molar-refractivity contribution is 9.11. The van der Waals surface area contributed by atoms with Crippen LogP contribution >= 0.6 is 31.9 Å². The van der Waals surface area contributed by atoms with Crippen LogP contribution in [0.15, 0.2) is 26.0 Å². The van der Waals surface area contributed by atoms with Crippen LogP contribution in [0.25, 0.3) is 0 Å². The molecule has 0 radical (unpaired) electrons. The van der Waals surface area contributed by atoms with Crippen molar-refractivity contribution in [3.63, 3.8) is 0 Å². The molecule has 0 aliphatic rings. The Morgan fingerprint density at radius 2 is 1.89 bits per heavy atom. The molecular weight excluding hydrogens is 388 g/mol. The van der Waals surface area contributed by atoms with E-state index in [1.54, 1.807) is 6.92 Å². The van der Waals surface area contributed by atoms with Crippen LogP contribution < -0.4 is 10.5 Å². The lowest BCUT2D eigenvalue weighted by molar-refractivity contribution is 0.275. The first-order valence-corrected chi connectivity index (χ1v) is 8.22. The van der Waals surface area contributed by atoms with Crippen molar-refractivity contribution in [2.45, 2.75) is 24.3 Å². The second-order valence-corrected chi connectivity index (χ2v) is 7.21. The van der Waals surface area contributed by atoms with Crippen molar-refractivity contribution in [3.8, 4) is 0 Å². The Morgan fingerprint density at radius 3 is 2.33 bits per heavy atom. The van der Waals surface area contributed by atoms with E-state index >= 15 is 0 Å². The highest BCUT2D eigenvalue weighted by Crippen LogP contribution is 2.32. The van der Waals surface area contributed by atoms with Crippen LogP contribution in [0.1, 0.15) is 13.3 Å². The molecule has 1 atom stereocenters. The van der Waals surface area contributed by atoms with Crippen molar-refractivity contribution in [3.05, 3.63) is 21.1 Å². The average Bonchev–Trinajstić information content (AvgIpc) is 2.13. The van der Waals surface area contributed by atoms with E-state index in [-0.39, 0.29) is 17.5 Å². The Morgan fingerprint density at radius 1 is 1.39 bits per heavy atom. The molecule has 0 aromatic heterocycles. The number of aliphatic hydroxyl groups is 1. The van der Waals surface area contributed by atoms with E-state index in [4.69, 9.17) is 10.8 Å². The van der Waals surface area contributed by atoms with Gasteiger partial charge in [-0.3, -0.25) is 0 Å². The summed E-state index contributed by atoms with van der Waals surface area (Å²) in [6.07, 6.45) is 0.351. The first-order chi connectivity index (χ1) is 8.27. The third-order valence-electron chi connectivity index (χ3n) is 2.21. The second kappa shape index (κ2) is 6.33. The summed E-state index contributed by atoms with van der Waals surface area (Å²) in [5.41, 5.74) is 6.07. The molecule has 1 rings (SSSR count). The lowest BCUT2D eigenvalue weighted by Gasteiger charge is -2.15. The number of nitrogens with one attached hydrogen (secondary N) is 1. The van der Waals surface area contributed by atoms with Gasteiger partial charge in [-0.25, -0.2) is 13.1 Å². The molecule has 0 spiro atoms. The normalized spacial score (nSPS) is 13.6. The summed E-state index contributed by atoms with van der Waals surface area (Å²) in [6, 6.07) is 2.70. The SMILES string of the molecule is CC(CCO)NS(=O)(=O)c1c(Br)cc(N)cc1Br. The van der Waals surface area contributed by atoms with Crippen LogP contribution in [0.3, 0.4) is 0 Å². The number of nitrogen functional groups attached to an aromatic ring is 1. The Labute approximate surface area is 123 Å². The van der Waals surface area contributed by atoms with Gasteiger partial charge >= 0.3 is 0 Å². The van der Waals surface area contributed by atoms with Crippen LogP contribution in [-0.2, 0) is 10.0 Å². The van der Waals surface area contributed by atoms with Gasteiger partial charge in [-0.1, -0.05) is 0 Å². The molecule has 5 nitrogen and oxygen atoms in total. The Kier molecular flexibility index (Phi) is 5.60. The van der Waals surface area contributed by atoms with Gasteiger partial charge < -0.3 is 10.8 Å². The van der Waals surface area contributed by atoms with Crippen LogP contribution in [-0.4, -0.2) is 26.2 Å². The quantitative estimate of drug-likeness (QED) is 0.656. The van der Waals surface area contributed by atoms with Gasteiger partial charge in [0.1, 0.15) is 4.90 Å². The van der Waals surface area contributed by atoms with E-state index in [0.717, 1.165) is 0 Å². The smallest absolute Gasteiger partial charge is 0.243 e. The summed E-state index contributed by atoms with van der Waals surface area (Å²) in [5.74, 6) is 0. The molecule has 1 aromatic carbocycles. The molecule has 1 aromatic rings. The van der Waals surface area contributed by atoms with E-state index in [0.29, 0.717) is 21.1 Å². The van der Waals surface area contributed by atoms with Crippen LogP contribution in [0.5, 0.6) is 0 Å². The largest absolute Gasteiger partial charge is 0.399 e. The number of nitrogens with two attached hydrogens (primary N) is 1. The fourth-order valence-electron chi connectivity index (χ4n) is 1.41. The highest BCUT2D eigenvalue weighted by Gasteiger charge is 2.23. The van der Waals surface area contributed by atoms with Crippen molar-refractivity contribution in [2.24, 2.45) is 0 Å². The molecule has 0 aliphatic carbocycles. The molecule has 0 amide bonds. The summed E-state index contributed by atoms with van der Waals surface area (Å²) in [6.45, 7) is 1.61. The van der Waals surface area contributed by atoms with E-state index in [1.165, 1.54) is 12.1 Å². The number of benzene rings is 1. The first-order valence-electron chi connectivity index (χ1n) is 5.15. The third kappa shape index (κ3) is 3.92. The maximum atomic E-state index is 12.2. The van der Waals surface area contributed by atoms with E-state index in [9.17, 15) is 8.42 Å². The topological polar surface area (TPSA) is 92.4 Å². The third-order valence-corrected chi connectivity index (χ3v) is 5.67. The Bertz CT molecular complexity index is 511. The fraction of sp³-hybridized carbons (Fsp3) is 0.400. The molecule has 0 bridgehead atoms. The van der Waals surface area contributed by atoms with Crippen molar-refractivity contribution in [1.82, 2.24) is 4.72 Å². The maximum Gasteiger partial charge on any atom is 0.243 e. The van der Waals surface area contributed by atoms with E-state index in [1.807, 2.05) is 0 Å². The van der Waals surface area contributed by atoms with Gasteiger partial charge in [0.05, 0.1) is 0 Å². The zero-order chi connectivity index (χ0) is 13.9. The Hall–Kier alpha value is -0.150. The summed E-state index contributed by atoms with van der Waals surface area (Å²) < 4.78 is 27.6. The molecule has 0 saturated carbocycles. The van der Waals surface area contributed by atoms with Crippen LogP contribution in [0.4, 0.5) is 5.69 Å². The lowest BCUT2D eigenvalue weighted by atomic mass is 10.3. The predicted molar refractivity (Wildman–Crippen MR) is 77.7 cm³/mol. The summed E-state index contributed by atoms with van der Waals surface area (Å²) in [4.78, 5) is 0.0986. The van der Waals surface area contributed by atoms with Crippen molar-refractivity contribution in [2.75, 3.05) is 12.3 Å². The molecule has 0 saturated heterocycles. The van der Waals surface area contributed by atoms with Gasteiger partial charge in [-0.2, -0.15) is 0 Å². The van der Waals surface area contributed by atoms with Gasteiger partial charge in [0.15, 0.2) is 0 Å². The predicted octanol–water partition coefficient (Wildman–Crippen LogP) is 1.84. The van der Waals surface area contributed by atoms with Crippen molar-refractivity contribution in [1.29, 1.82) is 0 Å². The molecular formula is C10H14Br2N2O3S. The molecule has 0 aliphatic heterocycles. The summed E-state index contributed by atoms with van der Waals surface area (Å²) in [5, 5.41) is 8.78. The molecule has 8 heteroatoms. The molecule has 18 heavy (non-hydrogen) atoms. The number of anilines is 1. The minimum absolute atomic E-state index is 0.0756. The number of halogens is 2. The molecule has 0 fully saturated rings. The number of rotatable bonds is 5. The van der Waals surface area contributed by atoms with Gasteiger partial charge in [-0.15, -0.1) is 0 Å². The Balaban J connectivity index is 3.13. The molecule has 4 N–H and O–H groups in total. The van der Waals surface area contributed by atoms with E-state index < -0.39 is 10.0 Å². The zero-order valence-electron chi connectivity index (χ0n) is 9.65. The number of sulfonamides is 1. The van der Waals surface area contributed by atoms with E-state index in [2.05, 4.69) is 36.6 Å².